The predicted octanol–water partition coefficient (Wildman–Crippen LogP) is 2.46. The van der Waals surface area contributed by atoms with Crippen molar-refractivity contribution in [2.45, 2.75) is 4.90 Å². The first-order valence-electron chi connectivity index (χ1n) is 7.31. The van der Waals surface area contributed by atoms with Gasteiger partial charge in [0, 0.05) is 12.4 Å². The maximum Gasteiger partial charge on any atom is 0.337 e. The standard InChI is InChI=1S/C17H15N3O4S/c1-24-17(21)13-6-8-16(9-7-13)25(22,23)19-14-4-2-5-15(12-14)20-11-3-10-18-20/h2-12,19H,1H3. The van der Waals surface area contributed by atoms with E-state index in [1.807, 2.05) is 6.07 Å². The highest BCUT2D eigenvalue weighted by molar-refractivity contribution is 7.92. The van der Waals surface area contributed by atoms with Crippen molar-refractivity contribution in [2.75, 3.05) is 11.8 Å². The molecule has 0 aliphatic rings. The van der Waals surface area contributed by atoms with Crippen molar-refractivity contribution in [3.63, 3.8) is 0 Å². The summed E-state index contributed by atoms with van der Waals surface area (Å²) in [5.41, 5.74) is 1.42. The van der Waals surface area contributed by atoms with Crippen molar-refractivity contribution in [3.8, 4) is 5.69 Å². The summed E-state index contributed by atoms with van der Waals surface area (Å²) in [7, 11) is -2.51. The average Bonchev–Trinajstić information content (AvgIpc) is 3.16. The topological polar surface area (TPSA) is 90.3 Å². The minimum atomic E-state index is -3.78. The molecule has 0 saturated heterocycles. The molecule has 0 bridgehead atoms. The van der Waals surface area contributed by atoms with Gasteiger partial charge < -0.3 is 4.74 Å². The highest BCUT2D eigenvalue weighted by atomic mass is 32.2. The Labute approximate surface area is 144 Å². The van der Waals surface area contributed by atoms with Crippen molar-refractivity contribution in [1.82, 2.24) is 9.78 Å². The minimum absolute atomic E-state index is 0.0460. The van der Waals surface area contributed by atoms with Gasteiger partial charge in [0.25, 0.3) is 10.0 Å². The van der Waals surface area contributed by atoms with Gasteiger partial charge in [0.1, 0.15) is 0 Å². The summed E-state index contributed by atoms with van der Waals surface area (Å²) in [5.74, 6) is -0.524. The Morgan fingerprint density at radius 2 is 1.88 bits per heavy atom. The fourth-order valence-corrected chi connectivity index (χ4v) is 3.29. The van der Waals surface area contributed by atoms with Gasteiger partial charge in [-0.3, -0.25) is 4.72 Å². The van der Waals surface area contributed by atoms with Crippen LogP contribution >= 0.6 is 0 Å². The van der Waals surface area contributed by atoms with Crippen LogP contribution in [0.15, 0.2) is 71.9 Å². The highest BCUT2D eigenvalue weighted by Crippen LogP contribution is 2.19. The molecule has 0 fully saturated rings. The molecule has 0 radical (unpaired) electrons. The number of aromatic nitrogens is 2. The first-order valence-corrected chi connectivity index (χ1v) is 8.79. The quantitative estimate of drug-likeness (QED) is 0.709. The third kappa shape index (κ3) is 3.69. The Bertz CT molecular complexity index is 981. The maximum absolute atomic E-state index is 12.5. The number of carbonyl (C=O) groups excluding carboxylic acids is 1. The van der Waals surface area contributed by atoms with E-state index in [1.165, 1.54) is 31.4 Å². The van der Waals surface area contributed by atoms with Crippen LogP contribution in [0.3, 0.4) is 0 Å². The molecule has 0 aliphatic heterocycles. The molecule has 3 rings (SSSR count). The van der Waals surface area contributed by atoms with Crippen LogP contribution in [-0.4, -0.2) is 31.3 Å². The molecular weight excluding hydrogens is 342 g/mol. The number of methoxy groups -OCH3 is 1. The lowest BCUT2D eigenvalue weighted by Gasteiger charge is -2.10. The van der Waals surface area contributed by atoms with Crippen molar-refractivity contribution in [2.24, 2.45) is 0 Å². The molecule has 2 aromatic carbocycles. The first kappa shape index (κ1) is 16.7. The number of sulfonamides is 1. The molecule has 128 valence electrons. The average molecular weight is 357 g/mol. The number of benzene rings is 2. The van der Waals surface area contributed by atoms with Gasteiger partial charge in [-0.2, -0.15) is 5.10 Å². The summed E-state index contributed by atoms with van der Waals surface area (Å²) in [6.45, 7) is 0. The van der Waals surface area contributed by atoms with E-state index in [2.05, 4.69) is 14.6 Å². The third-order valence-corrected chi connectivity index (χ3v) is 4.85. The predicted molar refractivity (Wildman–Crippen MR) is 92.2 cm³/mol. The molecule has 0 atom stereocenters. The summed E-state index contributed by atoms with van der Waals surface area (Å²) in [5, 5.41) is 4.11. The number of anilines is 1. The number of esters is 1. The number of rotatable bonds is 5. The molecule has 3 aromatic rings. The second-order valence-electron chi connectivity index (χ2n) is 5.12. The number of hydrogen-bond acceptors (Lipinski definition) is 5. The van der Waals surface area contributed by atoms with Gasteiger partial charge in [-0.05, 0) is 48.5 Å². The normalized spacial score (nSPS) is 11.1. The van der Waals surface area contributed by atoms with Gasteiger partial charge in [0.05, 0.1) is 28.9 Å². The van der Waals surface area contributed by atoms with Gasteiger partial charge in [0.15, 0.2) is 0 Å². The van der Waals surface area contributed by atoms with Gasteiger partial charge in [-0.1, -0.05) is 6.07 Å². The lowest BCUT2D eigenvalue weighted by Crippen LogP contribution is -2.13. The van der Waals surface area contributed by atoms with Crippen LogP contribution in [-0.2, 0) is 14.8 Å². The van der Waals surface area contributed by atoms with Crippen LogP contribution in [0.25, 0.3) is 5.69 Å². The van der Waals surface area contributed by atoms with E-state index < -0.39 is 16.0 Å². The van der Waals surface area contributed by atoms with E-state index in [4.69, 9.17) is 0 Å². The van der Waals surface area contributed by atoms with Crippen molar-refractivity contribution >= 4 is 21.7 Å². The van der Waals surface area contributed by atoms with E-state index >= 15 is 0 Å². The number of nitrogens with one attached hydrogen (secondary N) is 1. The summed E-state index contributed by atoms with van der Waals surface area (Å²) in [4.78, 5) is 11.5. The zero-order valence-electron chi connectivity index (χ0n) is 13.3. The second-order valence-corrected chi connectivity index (χ2v) is 6.80. The molecular formula is C17H15N3O4S. The molecule has 0 spiro atoms. The molecule has 0 unspecified atom stereocenters. The summed E-state index contributed by atoms with van der Waals surface area (Å²) in [6, 6.07) is 14.2. The Morgan fingerprint density at radius 1 is 1.12 bits per heavy atom. The van der Waals surface area contributed by atoms with Crippen LogP contribution < -0.4 is 4.72 Å². The van der Waals surface area contributed by atoms with Crippen LogP contribution in [0, 0.1) is 0 Å². The summed E-state index contributed by atoms with van der Waals surface area (Å²) >= 11 is 0. The summed E-state index contributed by atoms with van der Waals surface area (Å²) in [6.07, 6.45) is 3.40. The molecule has 25 heavy (non-hydrogen) atoms. The largest absolute Gasteiger partial charge is 0.465 e. The number of carbonyl (C=O) groups is 1. The molecule has 0 saturated carbocycles. The Balaban J connectivity index is 1.84. The molecule has 1 aromatic heterocycles. The van der Waals surface area contributed by atoms with Gasteiger partial charge in [-0.15, -0.1) is 0 Å². The van der Waals surface area contributed by atoms with E-state index in [0.717, 1.165) is 5.69 Å². The second kappa shape index (κ2) is 6.78. The molecule has 1 N–H and O–H groups in total. The van der Waals surface area contributed by atoms with E-state index in [0.29, 0.717) is 5.69 Å². The van der Waals surface area contributed by atoms with Gasteiger partial charge in [-0.25, -0.2) is 17.9 Å². The zero-order valence-corrected chi connectivity index (χ0v) is 14.1. The highest BCUT2D eigenvalue weighted by Gasteiger charge is 2.15. The van der Waals surface area contributed by atoms with Crippen LogP contribution in [0.1, 0.15) is 10.4 Å². The van der Waals surface area contributed by atoms with Gasteiger partial charge in [0.2, 0.25) is 0 Å². The Morgan fingerprint density at radius 3 is 2.52 bits per heavy atom. The molecule has 8 heteroatoms. The molecule has 7 nitrogen and oxygen atoms in total. The molecule has 0 amide bonds. The fourth-order valence-electron chi connectivity index (χ4n) is 2.24. The van der Waals surface area contributed by atoms with E-state index in [1.54, 1.807) is 41.3 Å². The lowest BCUT2D eigenvalue weighted by atomic mass is 10.2. The van der Waals surface area contributed by atoms with Crippen molar-refractivity contribution in [3.05, 3.63) is 72.6 Å². The zero-order chi connectivity index (χ0) is 17.9. The smallest absolute Gasteiger partial charge is 0.337 e. The van der Waals surface area contributed by atoms with Crippen LogP contribution in [0.5, 0.6) is 0 Å². The monoisotopic (exact) mass is 357 g/mol. The van der Waals surface area contributed by atoms with E-state index in [-0.39, 0.29) is 10.5 Å². The van der Waals surface area contributed by atoms with Crippen LogP contribution in [0.2, 0.25) is 0 Å². The molecule has 0 aliphatic carbocycles. The number of hydrogen-bond donors (Lipinski definition) is 1. The minimum Gasteiger partial charge on any atom is -0.465 e. The number of nitrogens with zero attached hydrogens (tertiary/aromatic N) is 2. The first-order chi connectivity index (χ1) is 12.0. The lowest BCUT2D eigenvalue weighted by molar-refractivity contribution is 0.0600. The molecule has 1 heterocycles. The summed E-state index contributed by atoms with van der Waals surface area (Å²) < 4.78 is 33.7. The maximum atomic E-state index is 12.5. The third-order valence-electron chi connectivity index (χ3n) is 3.45. The SMILES string of the molecule is COC(=O)c1ccc(S(=O)(=O)Nc2cccc(-n3cccn3)c2)cc1. The van der Waals surface area contributed by atoms with Crippen molar-refractivity contribution < 1.29 is 17.9 Å². The number of ether oxygens (including phenoxy) is 1. The Kier molecular flexibility index (Phi) is 4.53. The van der Waals surface area contributed by atoms with Crippen LogP contribution in [0.4, 0.5) is 5.69 Å². The van der Waals surface area contributed by atoms with Gasteiger partial charge >= 0.3 is 5.97 Å². The Hall–Kier alpha value is -3.13. The van der Waals surface area contributed by atoms with E-state index in [9.17, 15) is 13.2 Å². The fraction of sp³-hybridized carbons (Fsp3) is 0.0588. The van der Waals surface area contributed by atoms with Crippen molar-refractivity contribution in [1.29, 1.82) is 0 Å².